The molecule has 0 aromatic carbocycles. The van der Waals surface area contributed by atoms with Crippen LogP contribution in [0.2, 0.25) is 0 Å². The summed E-state index contributed by atoms with van der Waals surface area (Å²) in [5.74, 6) is 0.200. The van der Waals surface area contributed by atoms with Crippen LogP contribution in [0.15, 0.2) is 0 Å². The van der Waals surface area contributed by atoms with E-state index in [1.165, 1.54) is 0 Å². The van der Waals surface area contributed by atoms with Gasteiger partial charge in [0.15, 0.2) is 0 Å². The van der Waals surface area contributed by atoms with Gasteiger partial charge >= 0.3 is 0 Å². The van der Waals surface area contributed by atoms with Gasteiger partial charge in [0.05, 0.1) is 5.54 Å². The number of nitrogens with two attached hydrogens (primary N) is 1. The molecule has 1 aliphatic heterocycles. The van der Waals surface area contributed by atoms with Gasteiger partial charge in [0.1, 0.15) is 0 Å². The zero-order chi connectivity index (χ0) is 8.60. The van der Waals surface area contributed by atoms with Crippen LogP contribution in [0.25, 0.3) is 0 Å². The van der Waals surface area contributed by atoms with Gasteiger partial charge in [-0.2, -0.15) is 0 Å². The highest BCUT2D eigenvalue weighted by Crippen LogP contribution is 2.31. The standard InChI is InChI=1S/C9H16N2O/c10-9(4-3-5-9)8(12)11-6-1-2-7-11/h1-7,10H2. The summed E-state index contributed by atoms with van der Waals surface area (Å²) in [7, 11) is 0. The van der Waals surface area contributed by atoms with Crippen molar-refractivity contribution in [2.24, 2.45) is 5.73 Å². The summed E-state index contributed by atoms with van der Waals surface area (Å²) in [6, 6.07) is 0. The van der Waals surface area contributed by atoms with E-state index in [0.29, 0.717) is 0 Å². The Kier molecular flexibility index (Phi) is 1.83. The van der Waals surface area contributed by atoms with Gasteiger partial charge in [-0.15, -0.1) is 0 Å². The molecule has 0 aromatic heterocycles. The summed E-state index contributed by atoms with van der Waals surface area (Å²) in [6.07, 6.45) is 5.21. The Balaban J connectivity index is 1.98. The van der Waals surface area contributed by atoms with E-state index in [0.717, 1.165) is 45.2 Å². The van der Waals surface area contributed by atoms with Crippen LogP contribution in [0, 0.1) is 0 Å². The molecule has 3 heteroatoms. The Morgan fingerprint density at radius 3 is 2.17 bits per heavy atom. The van der Waals surface area contributed by atoms with Crippen molar-refractivity contribution in [2.75, 3.05) is 13.1 Å². The first kappa shape index (κ1) is 8.05. The molecule has 1 heterocycles. The van der Waals surface area contributed by atoms with Gasteiger partial charge in [0.2, 0.25) is 5.91 Å². The smallest absolute Gasteiger partial charge is 0.242 e. The molecule has 0 radical (unpaired) electrons. The topological polar surface area (TPSA) is 46.3 Å². The lowest BCUT2D eigenvalue weighted by atomic mass is 9.76. The van der Waals surface area contributed by atoms with E-state index >= 15 is 0 Å². The lowest BCUT2D eigenvalue weighted by Gasteiger charge is -2.39. The van der Waals surface area contributed by atoms with Crippen LogP contribution in [0.5, 0.6) is 0 Å². The highest BCUT2D eigenvalue weighted by atomic mass is 16.2. The van der Waals surface area contributed by atoms with Gasteiger partial charge in [0, 0.05) is 13.1 Å². The molecule has 1 aliphatic carbocycles. The fraction of sp³-hybridized carbons (Fsp3) is 0.889. The highest BCUT2D eigenvalue weighted by Gasteiger charge is 2.42. The van der Waals surface area contributed by atoms with Crippen LogP contribution in [0.4, 0.5) is 0 Å². The number of carbonyl (C=O) groups excluding carboxylic acids is 1. The summed E-state index contributed by atoms with van der Waals surface area (Å²) in [6.45, 7) is 1.86. The van der Waals surface area contributed by atoms with E-state index < -0.39 is 5.54 Å². The molecule has 0 spiro atoms. The molecular formula is C9H16N2O. The third-order valence-electron chi connectivity index (χ3n) is 3.06. The zero-order valence-corrected chi connectivity index (χ0v) is 7.38. The van der Waals surface area contributed by atoms with Crippen molar-refractivity contribution in [1.29, 1.82) is 0 Å². The van der Waals surface area contributed by atoms with Crippen molar-refractivity contribution < 1.29 is 4.79 Å². The summed E-state index contributed by atoms with van der Waals surface area (Å²) in [4.78, 5) is 13.7. The van der Waals surface area contributed by atoms with Gasteiger partial charge in [-0.1, -0.05) is 0 Å². The number of amides is 1. The number of hydrogen-bond acceptors (Lipinski definition) is 2. The minimum Gasteiger partial charge on any atom is -0.341 e. The summed E-state index contributed by atoms with van der Waals surface area (Å²) >= 11 is 0. The molecule has 2 rings (SSSR count). The first-order valence-electron chi connectivity index (χ1n) is 4.81. The highest BCUT2D eigenvalue weighted by molar-refractivity contribution is 5.87. The first-order valence-corrected chi connectivity index (χ1v) is 4.81. The summed E-state index contributed by atoms with van der Waals surface area (Å²) < 4.78 is 0. The molecule has 2 N–H and O–H groups in total. The van der Waals surface area contributed by atoms with Crippen molar-refractivity contribution in [2.45, 2.75) is 37.6 Å². The molecule has 3 nitrogen and oxygen atoms in total. The molecule has 0 aromatic rings. The molecule has 0 unspecified atom stereocenters. The van der Waals surface area contributed by atoms with Gasteiger partial charge in [-0.05, 0) is 32.1 Å². The third-order valence-corrected chi connectivity index (χ3v) is 3.06. The van der Waals surface area contributed by atoms with Crippen LogP contribution in [-0.2, 0) is 4.79 Å². The fourth-order valence-corrected chi connectivity index (χ4v) is 2.01. The van der Waals surface area contributed by atoms with Crippen molar-refractivity contribution in [1.82, 2.24) is 4.90 Å². The predicted octanol–water partition coefficient (Wildman–Crippen LogP) is 0.490. The quantitative estimate of drug-likeness (QED) is 0.619. The van der Waals surface area contributed by atoms with Crippen molar-refractivity contribution >= 4 is 5.91 Å². The average molecular weight is 168 g/mol. The number of rotatable bonds is 1. The van der Waals surface area contributed by atoms with Crippen LogP contribution < -0.4 is 5.73 Å². The second-order valence-corrected chi connectivity index (χ2v) is 4.01. The number of hydrogen-bond donors (Lipinski definition) is 1. The Morgan fingerprint density at radius 1 is 1.17 bits per heavy atom. The Labute approximate surface area is 72.9 Å². The maximum Gasteiger partial charge on any atom is 0.242 e. The molecule has 2 fully saturated rings. The first-order chi connectivity index (χ1) is 5.72. The predicted molar refractivity (Wildman–Crippen MR) is 46.6 cm³/mol. The van der Waals surface area contributed by atoms with Gasteiger partial charge < -0.3 is 10.6 Å². The SMILES string of the molecule is NC1(C(=O)N2CCCC2)CCC1. The van der Waals surface area contributed by atoms with Crippen LogP contribution in [0.1, 0.15) is 32.1 Å². The Hall–Kier alpha value is -0.570. The second kappa shape index (κ2) is 2.73. The molecule has 1 saturated carbocycles. The second-order valence-electron chi connectivity index (χ2n) is 4.01. The fourth-order valence-electron chi connectivity index (χ4n) is 2.01. The normalized spacial score (nSPS) is 26.9. The van der Waals surface area contributed by atoms with Crippen molar-refractivity contribution in [3.05, 3.63) is 0 Å². The molecule has 1 amide bonds. The van der Waals surface area contributed by atoms with Gasteiger partial charge in [-0.25, -0.2) is 0 Å². The van der Waals surface area contributed by atoms with E-state index in [4.69, 9.17) is 5.73 Å². The van der Waals surface area contributed by atoms with E-state index in [1.807, 2.05) is 4.90 Å². The van der Waals surface area contributed by atoms with E-state index in [2.05, 4.69) is 0 Å². The average Bonchev–Trinajstić information content (AvgIpc) is 2.50. The van der Waals surface area contributed by atoms with Crippen LogP contribution in [-0.4, -0.2) is 29.4 Å². The monoisotopic (exact) mass is 168 g/mol. The third kappa shape index (κ3) is 1.12. The maximum absolute atomic E-state index is 11.8. The van der Waals surface area contributed by atoms with Crippen molar-refractivity contribution in [3.8, 4) is 0 Å². The van der Waals surface area contributed by atoms with E-state index in [-0.39, 0.29) is 5.91 Å². The zero-order valence-electron chi connectivity index (χ0n) is 7.38. The molecule has 1 saturated heterocycles. The minimum absolute atomic E-state index is 0.200. The number of carbonyl (C=O) groups is 1. The molecule has 2 aliphatic rings. The molecule has 68 valence electrons. The van der Waals surface area contributed by atoms with Gasteiger partial charge in [-0.3, -0.25) is 4.79 Å². The molecular weight excluding hydrogens is 152 g/mol. The molecule has 0 atom stereocenters. The lowest BCUT2D eigenvalue weighted by molar-refractivity contribution is -0.139. The van der Waals surface area contributed by atoms with E-state index in [1.54, 1.807) is 0 Å². The van der Waals surface area contributed by atoms with Gasteiger partial charge in [0.25, 0.3) is 0 Å². The lowest BCUT2D eigenvalue weighted by Crippen LogP contribution is -2.59. The van der Waals surface area contributed by atoms with Crippen LogP contribution >= 0.6 is 0 Å². The maximum atomic E-state index is 11.8. The molecule has 12 heavy (non-hydrogen) atoms. The van der Waals surface area contributed by atoms with E-state index in [9.17, 15) is 4.79 Å². The number of likely N-dealkylation sites (tertiary alicyclic amines) is 1. The minimum atomic E-state index is -0.468. The Bertz CT molecular complexity index is 193. The van der Waals surface area contributed by atoms with Crippen molar-refractivity contribution in [3.63, 3.8) is 0 Å². The Morgan fingerprint density at radius 2 is 1.75 bits per heavy atom. The molecule has 0 bridgehead atoms. The summed E-state index contributed by atoms with van der Waals surface area (Å²) in [5.41, 5.74) is 5.47. The van der Waals surface area contributed by atoms with Crippen LogP contribution in [0.3, 0.4) is 0 Å². The number of nitrogens with zero attached hydrogens (tertiary/aromatic N) is 1. The summed E-state index contributed by atoms with van der Waals surface area (Å²) in [5, 5.41) is 0. The largest absolute Gasteiger partial charge is 0.341 e.